The number of sulfonamides is 1. The molecule has 1 N–H and O–H groups in total. The number of rotatable bonds is 6. The quantitative estimate of drug-likeness (QED) is 0.884. The number of benzene rings is 1. The number of anilines is 1. The number of aromatic nitrogens is 2. The van der Waals surface area contributed by atoms with Crippen molar-refractivity contribution in [2.24, 2.45) is 0 Å². The maximum absolute atomic E-state index is 12.0. The topological polar surface area (TPSA) is 85.1 Å². The minimum absolute atomic E-state index is 0.413. The summed E-state index contributed by atoms with van der Waals surface area (Å²) in [4.78, 5) is 4.39. The van der Waals surface area contributed by atoms with E-state index in [0.717, 1.165) is 24.2 Å². The van der Waals surface area contributed by atoms with E-state index in [1.54, 1.807) is 26.0 Å². The Morgan fingerprint density at radius 2 is 2.05 bits per heavy atom. The van der Waals surface area contributed by atoms with Gasteiger partial charge in [-0.2, -0.15) is 4.98 Å². The lowest BCUT2D eigenvalue weighted by Crippen LogP contribution is -2.23. The lowest BCUT2D eigenvalue weighted by Gasteiger charge is -2.13. The smallest absolute Gasteiger partial charge is 0.235 e. The first-order chi connectivity index (χ1) is 10.5. The highest BCUT2D eigenvalue weighted by atomic mass is 32.2. The highest BCUT2D eigenvalue weighted by molar-refractivity contribution is 7.93. The summed E-state index contributed by atoms with van der Waals surface area (Å²) < 4.78 is 32.0. The first kappa shape index (κ1) is 15.0. The molecule has 0 unspecified atom stereocenters. The highest BCUT2D eigenvalue weighted by Gasteiger charge is 2.28. The van der Waals surface area contributed by atoms with Gasteiger partial charge >= 0.3 is 0 Å². The fraction of sp³-hybridized carbons (Fsp3) is 0.467. The van der Waals surface area contributed by atoms with Crippen LogP contribution >= 0.6 is 0 Å². The summed E-state index contributed by atoms with van der Waals surface area (Å²) in [7, 11) is -3.38. The van der Waals surface area contributed by atoms with E-state index in [1.807, 2.05) is 12.1 Å². The molecule has 1 aromatic heterocycles. The van der Waals surface area contributed by atoms with E-state index in [4.69, 9.17) is 4.52 Å². The molecule has 22 heavy (non-hydrogen) atoms. The van der Waals surface area contributed by atoms with Crippen LogP contribution in [-0.4, -0.2) is 23.8 Å². The monoisotopic (exact) mass is 321 g/mol. The normalized spacial score (nSPS) is 15.2. The molecular formula is C15H19N3O3S. The van der Waals surface area contributed by atoms with Gasteiger partial charge in [0.2, 0.25) is 15.9 Å². The standard InChI is InChI=1S/C15H19N3O3S/c1-10(2)22(19,20)18-13-6-4-3-5-12(13)9-14-16-15(17-21-14)11-7-8-11/h3-6,10-11,18H,7-9H2,1-2H3. The molecule has 7 heteroatoms. The molecule has 1 fully saturated rings. The Bertz CT molecular complexity index is 764. The second-order valence-electron chi connectivity index (χ2n) is 5.85. The van der Waals surface area contributed by atoms with Crippen LogP contribution in [0.4, 0.5) is 5.69 Å². The van der Waals surface area contributed by atoms with Crippen LogP contribution in [0.2, 0.25) is 0 Å². The minimum atomic E-state index is -3.38. The average molecular weight is 321 g/mol. The molecule has 1 aliphatic rings. The van der Waals surface area contributed by atoms with Crippen molar-refractivity contribution in [2.45, 2.75) is 44.3 Å². The summed E-state index contributed by atoms with van der Waals surface area (Å²) in [5.41, 5.74) is 1.38. The van der Waals surface area contributed by atoms with E-state index in [9.17, 15) is 8.42 Å². The second kappa shape index (κ2) is 5.72. The number of hydrogen-bond acceptors (Lipinski definition) is 5. The zero-order valence-electron chi connectivity index (χ0n) is 12.6. The van der Waals surface area contributed by atoms with Crippen LogP contribution in [0, 0.1) is 0 Å². The molecule has 1 aliphatic carbocycles. The first-order valence-corrected chi connectivity index (χ1v) is 8.92. The third-order valence-corrected chi connectivity index (χ3v) is 5.40. The number of hydrogen-bond donors (Lipinski definition) is 1. The SMILES string of the molecule is CC(C)S(=O)(=O)Nc1ccccc1Cc1nc(C2CC2)no1. The van der Waals surface area contributed by atoms with Gasteiger partial charge in [-0.05, 0) is 38.3 Å². The van der Waals surface area contributed by atoms with Crippen LogP contribution in [0.25, 0.3) is 0 Å². The summed E-state index contributed by atoms with van der Waals surface area (Å²) in [5, 5.41) is 3.49. The van der Waals surface area contributed by atoms with Gasteiger partial charge in [-0.3, -0.25) is 4.72 Å². The lowest BCUT2D eigenvalue weighted by atomic mass is 10.1. The lowest BCUT2D eigenvalue weighted by molar-refractivity contribution is 0.379. The summed E-state index contributed by atoms with van der Waals surface area (Å²) in [6, 6.07) is 7.26. The van der Waals surface area contributed by atoms with Crippen molar-refractivity contribution < 1.29 is 12.9 Å². The fourth-order valence-corrected chi connectivity index (χ4v) is 2.80. The molecule has 1 heterocycles. The zero-order valence-corrected chi connectivity index (χ0v) is 13.4. The Labute approximate surface area is 130 Å². The zero-order chi connectivity index (χ0) is 15.7. The Morgan fingerprint density at radius 3 is 2.73 bits per heavy atom. The van der Waals surface area contributed by atoms with E-state index >= 15 is 0 Å². The van der Waals surface area contributed by atoms with Crippen LogP contribution in [0.3, 0.4) is 0 Å². The van der Waals surface area contributed by atoms with Gasteiger partial charge in [-0.1, -0.05) is 23.4 Å². The van der Waals surface area contributed by atoms with Crippen molar-refractivity contribution in [2.75, 3.05) is 4.72 Å². The molecule has 0 radical (unpaired) electrons. The largest absolute Gasteiger partial charge is 0.339 e. The number of nitrogens with one attached hydrogen (secondary N) is 1. The maximum atomic E-state index is 12.0. The average Bonchev–Trinajstić information content (AvgIpc) is 3.21. The molecule has 6 nitrogen and oxygen atoms in total. The number of para-hydroxylation sites is 1. The molecule has 1 aromatic carbocycles. The van der Waals surface area contributed by atoms with E-state index in [1.165, 1.54) is 0 Å². The summed E-state index contributed by atoms with van der Waals surface area (Å²) >= 11 is 0. The van der Waals surface area contributed by atoms with Crippen molar-refractivity contribution in [3.63, 3.8) is 0 Å². The van der Waals surface area contributed by atoms with Crippen LogP contribution in [0.15, 0.2) is 28.8 Å². The predicted molar refractivity (Wildman–Crippen MR) is 83.2 cm³/mol. The summed E-state index contributed by atoms with van der Waals surface area (Å²) in [6.07, 6.45) is 2.64. The molecule has 0 atom stereocenters. The van der Waals surface area contributed by atoms with E-state index in [-0.39, 0.29) is 0 Å². The van der Waals surface area contributed by atoms with E-state index in [0.29, 0.717) is 23.9 Å². The van der Waals surface area contributed by atoms with Crippen LogP contribution < -0.4 is 4.72 Å². The molecule has 0 saturated heterocycles. The third-order valence-electron chi connectivity index (χ3n) is 3.66. The molecule has 0 bridgehead atoms. The Balaban J connectivity index is 1.81. The van der Waals surface area contributed by atoms with Gasteiger partial charge in [-0.15, -0.1) is 0 Å². The Morgan fingerprint density at radius 1 is 1.32 bits per heavy atom. The van der Waals surface area contributed by atoms with Crippen LogP contribution in [0.5, 0.6) is 0 Å². The Hall–Kier alpha value is -1.89. The van der Waals surface area contributed by atoms with Crippen molar-refractivity contribution in [3.8, 4) is 0 Å². The second-order valence-corrected chi connectivity index (χ2v) is 8.09. The van der Waals surface area contributed by atoms with Crippen molar-refractivity contribution in [3.05, 3.63) is 41.5 Å². The number of nitrogens with zero attached hydrogens (tertiary/aromatic N) is 2. The molecule has 1 saturated carbocycles. The van der Waals surface area contributed by atoms with Gasteiger partial charge in [0.25, 0.3) is 0 Å². The molecule has 118 valence electrons. The van der Waals surface area contributed by atoms with Crippen molar-refractivity contribution >= 4 is 15.7 Å². The summed E-state index contributed by atoms with van der Waals surface area (Å²) in [5.74, 6) is 1.71. The van der Waals surface area contributed by atoms with Gasteiger partial charge in [0.15, 0.2) is 5.82 Å². The van der Waals surface area contributed by atoms with Gasteiger partial charge in [-0.25, -0.2) is 8.42 Å². The predicted octanol–water partition coefficient (Wildman–Crippen LogP) is 2.69. The van der Waals surface area contributed by atoms with Gasteiger partial charge in [0, 0.05) is 5.92 Å². The highest BCUT2D eigenvalue weighted by Crippen LogP contribution is 2.38. The Kier molecular flexibility index (Phi) is 3.90. The molecule has 0 amide bonds. The summed E-state index contributed by atoms with van der Waals surface area (Å²) in [6.45, 7) is 3.29. The molecule has 0 spiro atoms. The van der Waals surface area contributed by atoms with E-state index in [2.05, 4.69) is 14.9 Å². The molecule has 2 aromatic rings. The molecular weight excluding hydrogens is 302 g/mol. The van der Waals surface area contributed by atoms with Gasteiger partial charge < -0.3 is 4.52 Å². The van der Waals surface area contributed by atoms with Gasteiger partial charge in [0.1, 0.15) is 0 Å². The fourth-order valence-electron chi connectivity index (χ4n) is 2.06. The first-order valence-electron chi connectivity index (χ1n) is 7.38. The van der Waals surface area contributed by atoms with E-state index < -0.39 is 15.3 Å². The van der Waals surface area contributed by atoms with Crippen molar-refractivity contribution in [1.82, 2.24) is 10.1 Å². The van der Waals surface area contributed by atoms with Crippen LogP contribution in [0.1, 0.15) is 49.9 Å². The van der Waals surface area contributed by atoms with Crippen LogP contribution in [-0.2, 0) is 16.4 Å². The maximum Gasteiger partial charge on any atom is 0.235 e. The third kappa shape index (κ3) is 3.30. The minimum Gasteiger partial charge on any atom is -0.339 e. The molecule has 0 aliphatic heterocycles. The van der Waals surface area contributed by atoms with Crippen molar-refractivity contribution in [1.29, 1.82) is 0 Å². The molecule has 3 rings (SSSR count). The van der Waals surface area contributed by atoms with Gasteiger partial charge in [0.05, 0.1) is 17.4 Å².